The molecule has 0 spiro atoms. The van der Waals surface area contributed by atoms with Crippen LogP contribution in [0.2, 0.25) is 0 Å². The molecule has 0 bridgehead atoms. The molecule has 1 aromatic carbocycles. The first-order valence-corrected chi connectivity index (χ1v) is 8.48. The molecule has 1 aliphatic rings. The lowest BCUT2D eigenvalue weighted by atomic mass is 10.1. The first-order valence-electron chi connectivity index (χ1n) is 8.48. The lowest BCUT2D eigenvalue weighted by Crippen LogP contribution is -2.56. The van der Waals surface area contributed by atoms with E-state index in [4.69, 9.17) is 4.74 Å². The van der Waals surface area contributed by atoms with Gasteiger partial charge >= 0.3 is 0 Å². The lowest BCUT2D eigenvalue weighted by molar-refractivity contribution is 0.0176. The largest absolute Gasteiger partial charge is 0.486 e. The van der Waals surface area contributed by atoms with Crippen molar-refractivity contribution >= 4 is 5.91 Å². The van der Waals surface area contributed by atoms with E-state index in [9.17, 15) is 9.59 Å². The van der Waals surface area contributed by atoms with Gasteiger partial charge in [0.1, 0.15) is 18.2 Å². The number of likely N-dealkylation sites (tertiary alicyclic amines) is 1. The Labute approximate surface area is 154 Å². The van der Waals surface area contributed by atoms with Gasteiger partial charge in [-0.15, -0.1) is 5.10 Å². The summed E-state index contributed by atoms with van der Waals surface area (Å²) in [5, 5.41) is 11.0. The number of carbonyl (C=O) groups is 1. The van der Waals surface area contributed by atoms with E-state index in [0.717, 1.165) is 11.4 Å². The summed E-state index contributed by atoms with van der Waals surface area (Å²) in [5.41, 5.74) is 1.99. The van der Waals surface area contributed by atoms with Crippen molar-refractivity contribution in [1.82, 2.24) is 29.7 Å². The van der Waals surface area contributed by atoms with Crippen LogP contribution >= 0.6 is 0 Å². The zero-order valence-electron chi connectivity index (χ0n) is 14.9. The van der Waals surface area contributed by atoms with Crippen molar-refractivity contribution in [2.75, 3.05) is 13.1 Å². The monoisotopic (exact) mass is 366 g/mol. The molecule has 0 atom stereocenters. The standard InChI is InChI=1S/C18H18N6O3/c1-12-6-15(8-17(25)22(12)2)27-16-9-23(10-16)18(26)13-4-3-5-14(7-13)24-11-19-20-21-24/h3-8,11,16H,9-10H2,1-2H3. The van der Waals surface area contributed by atoms with E-state index in [1.165, 1.54) is 17.1 Å². The molecule has 9 nitrogen and oxygen atoms in total. The molecule has 27 heavy (non-hydrogen) atoms. The van der Waals surface area contributed by atoms with Crippen molar-refractivity contribution in [1.29, 1.82) is 0 Å². The van der Waals surface area contributed by atoms with Gasteiger partial charge < -0.3 is 14.2 Å². The van der Waals surface area contributed by atoms with Crippen LogP contribution in [0.15, 0.2) is 47.5 Å². The molecule has 4 rings (SSSR count). The Bertz CT molecular complexity index is 1040. The summed E-state index contributed by atoms with van der Waals surface area (Å²) in [7, 11) is 1.72. The second-order valence-corrected chi connectivity index (χ2v) is 6.48. The minimum atomic E-state index is -0.122. The van der Waals surface area contributed by atoms with Gasteiger partial charge in [-0.3, -0.25) is 9.59 Å². The van der Waals surface area contributed by atoms with Gasteiger partial charge in [0.05, 0.1) is 18.8 Å². The fourth-order valence-corrected chi connectivity index (χ4v) is 2.92. The third kappa shape index (κ3) is 3.31. The van der Waals surface area contributed by atoms with E-state index in [1.54, 1.807) is 34.7 Å². The Kier molecular flexibility index (Phi) is 4.19. The van der Waals surface area contributed by atoms with Gasteiger partial charge in [0.2, 0.25) is 0 Å². The molecule has 9 heteroatoms. The summed E-state index contributed by atoms with van der Waals surface area (Å²) >= 11 is 0. The molecule has 0 saturated carbocycles. The minimum Gasteiger partial charge on any atom is -0.486 e. The van der Waals surface area contributed by atoms with Crippen molar-refractivity contribution in [3.63, 3.8) is 0 Å². The zero-order valence-corrected chi connectivity index (χ0v) is 14.9. The highest BCUT2D eigenvalue weighted by Crippen LogP contribution is 2.20. The molecule has 1 fully saturated rings. The van der Waals surface area contributed by atoms with Crippen LogP contribution in [0.25, 0.3) is 5.69 Å². The fourth-order valence-electron chi connectivity index (χ4n) is 2.92. The second-order valence-electron chi connectivity index (χ2n) is 6.48. The SMILES string of the molecule is Cc1cc(OC2CN(C(=O)c3cccc(-n4cnnn4)c3)C2)cc(=O)n1C. The quantitative estimate of drug-likeness (QED) is 0.670. The number of aryl methyl sites for hydroxylation is 1. The van der Waals surface area contributed by atoms with Crippen molar-refractivity contribution < 1.29 is 9.53 Å². The number of benzene rings is 1. The average molecular weight is 366 g/mol. The second kappa shape index (κ2) is 6.67. The number of hydrogen-bond donors (Lipinski definition) is 0. The summed E-state index contributed by atoms with van der Waals surface area (Å²) in [6.07, 6.45) is 1.35. The van der Waals surface area contributed by atoms with Crippen molar-refractivity contribution in [3.05, 3.63) is 64.3 Å². The van der Waals surface area contributed by atoms with Crippen LogP contribution < -0.4 is 10.3 Å². The van der Waals surface area contributed by atoms with Crippen molar-refractivity contribution in [2.45, 2.75) is 13.0 Å². The van der Waals surface area contributed by atoms with Gasteiger partial charge in [0, 0.05) is 24.4 Å². The maximum absolute atomic E-state index is 12.7. The summed E-state index contributed by atoms with van der Waals surface area (Å²) in [4.78, 5) is 26.2. The fraction of sp³-hybridized carbons (Fsp3) is 0.278. The molecule has 3 aromatic rings. The Balaban J connectivity index is 1.40. The molecule has 0 unspecified atom stereocenters. The van der Waals surface area contributed by atoms with E-state index >= 15 is 0 Å². The van der Waals surface area contributed by atoms with Gasteiger partial charge in [-0.25, -0.2) is 4.68 Å². The molecule has 0 aliphatic carbocycles. The minimum absolute atomic E-state index is 0.0788. The molecule has 1 saturated heterocycles. The lowest BCUT2D eigenvalue weighted by Gasteiger charge is -2.39. The predicted molar refractivity (Wildman–Crippen MR) is 95.9 cm³/mol. The smallest absolute Gasteiger partial charge is 0.254 e. The molecule has 138 valence electrons. The number of amides is 1. The molecule has 2 aromatic heterocycles. The Morgan fingerprint density at radius 2 is 2.04 bits per heavy atom. The summed E-state index contributed by atoms with van der Waals surface area (Å²) in [5.74, 6) is 0.457. The Morgan fingerprint density at radius 1 is 1.22 bits per heavy atom. The van der Waals surface area contributed by atoms with Gasteiger partial charge in [-0.2, -0.15) is 0 Å². The van der Waals surface area contributed by atoms with Crippen LogP contribution in [0, 0.1) is 6.92 Å². The topological polar surface area (TPSA) is 95.1 Å². The summed E-state index contributed by atoms with van der Waals surface area (Å²) in [6, 6.07) is 10.4. The number of rotatable bonds is 4. The van der Waals surface area contributed by atoms with Crippen LogP contribution in [-0.4, -0.2) is 54.8 Å². The molecule has 1 amide bonds. The molecular formula is C18H18N6O3. The molecule has 3 heterocycles. The van der Waals surface area contributed by atoms with Crippen molar-refractivity contribution in [2.24, 2.45) is 7.05 Å². The maximum atomic E-state index is 12.7. The number of carbonyl (C=O) groups excluding carboxylic acids is 1. The molecular weight excluding hydrogens is 348 g/mol. The number of nitrogens with zero attached hydrogens (tertiary/aromatic N) is 6. The summed E-state index contributed by atoms with van der Waals surface area (Å²) < 4.78 is 8.88. The molecule has 0 N–H and O–H groups in total. The van der Waals surface area contributed by atoms with Crippen LogP contribution in [-0.2, 0) is 7.05 Å². The van der Waals surface area contributed by atoms with Crippen LogP contribution in [0.4, 0.5) is 0 Å². The molecule has 1 aliphatic heterocycles. The highest BCUT2D eigenvalue weighted by molar-refractivity contribution is 5.95. The predicted octanol–water partition coefficient (Wildman–Crippen LogP) is 0.573. The molecule has 0 radical (unpaired) electrons. The van der Waals surface area contributed by atoms with Gasteiger partial charge in [-0.05, 0) is 41.6 Å². The van der Waals surface area contributed by atoms with Crippen molar-refractivity contribution in [3.8, 4) is 11.4 Å². The average Bonchev–Trinajstić information content (AvgIpc) is 3.16. The number of tetrazole rings is 1. The number of pyridine rings is 1. The van der Waals surface area contributed by atoms with Crippen LogP contribution in [0.5, 0.6) is 5.75 Å². The van der Waals surface area contributed by atoms with Crippen LogP contribution in [0.3, 0.4) is 0 Å². The van der Waals surface area contributed by atoms with E-state index in [2.05, 4.69) is 15.5 Å². The Morgan fingerprint density at radius 3 is 2.74 bits per heavy atom. The maximum Gasteiger partial charge on any atom is 0.254 e. The third-order valence-electron chi connectivity index (χ3n) is 4.62. The van der Waals surface area contributed by atoms with E-state index in [-0.39, 0.29) is 17.6 Å². The Hall–Kier alpha value is -3.49. The van der Waals surface area contributed by atoms with Gasteiger partial charge in [0.25, 0.3) is 11.5 Å². The van der Waals surface area contributed by atoms with E-state index in [0.29, 0.717) is 24.4 Å². The first kappa shape index (κ1) is 17.0. The first-order chi connectivity index (χ1) is 13.0. The van der Waals surface area contributed by atoms with Crippen LogP contribution in [0.1, 0.15) is 16.1 Å². The normalized spacial score (nSPS) is 14.1. The highest BCUT2D eigenvalue weighted by Gasteiger charge is 2.33. The summed E-state index contributed by atoms with van der Waals surface area (Å²) in [6.45, 7) is 2.80. The number of ether oxygens (including phenoxy) is 1. The third-order valence-corrected chi connectivity index (χ3v) is 4.62. The number of hydrogen-bond acceptors (Lipinski definition) is 6. The number of aromatic nitrogens is 5. The van der Waals surface area contributed by atoms with Gasteiger partial charge in [0.15, 0.2) is 0 Å². The van der Waals surface area contributed by atoms with E-state index < -0.39 is 0 Å². The highest BCUT2D eigenvalue weighted by atomic mass is 16.5. The zero-order chi connectivity index (χ0) is 19.0. The van der Waals surface area contributed by atoms with E-state index in [1.807, 2.05) is 19.1 Å². The van der Waals surface area contributed by atoms with Gasteiger partial charge in [-0.1, -0.05) is 6.07 Å².